The van der Waals surface area contributed by atoms with Crippen LogP contribution in [0.15, 0.2) is 0 Å². The van der Waals surface area contributed by atoms with E-state index in [1.165, 1.54) is 19.3 Å². The van der Waals surface area contributed by atoms with Crippen molar-refractivity contribution in [3.63, 3.8) is 0 Å². The maximum absolute atomic E-state index is 12.8. The Hall–Kier alpha value is -1.14. The lowest BCUT2D eigenvalue weighted by Crippen LogP contribution is -2.47. The third-order valence-electron chi connectivity index (χ3n) is 4.88. The summed E-state index contributed by atoms with van der Waals surface area (Å²) in [6.45, 7) is 4.53. The molecule has 0 heterocycles. The summed E-state index contributed by atoms with van der Waals surface area (Å²) in [7, 11) is 3.76. The zero-order valence-electron chi connectivity index (χ0n) is 18.0. The number of nitrogens with two attached hydrogens (primary N) is 1. The molecular formula is C21H44N4O2. The number of amides is 2. The Balaban J connectivity index is 4.42. The number of carbonyl (C=O) groups is 2. The van der Waals surface area contributed by atoms with E-state index in [0.717, 1.165) is 58.0 Å². The molecule has 0 saturated carbocycles. The van der Waals surface area contributed by atoms with E-state index >= 15 is 0 Å². The summed E-state index contributed by atoms with van der Waals surface area (Å²) in [6, 6.07) is -0.399. The highest BCUT2D eigenvalue weighted by molar-refractivity contribution is 5.87. The monoisotopic (exact) mass is 384 g/mol. The first kappa shape index (κ1) is 25.9. The molecule has 27 heavy (non-hydrogen) atoms. The number of nitrogens with zero attached hydrogens (tertiary/aromatic N) is 1. The van der Waals surface area contributed by atoms with Gasteiger partial charge in [-0.25, -0.2) is 0 Å². The van der Waals surface area contributed by atoms with Crippen molar-refractivity contribution in [3.05, 3.63) is 0 Å². The fourth-order valence-electron chi connectivity index (χ4n) is 3.11. The summed E-state index contributed by atoms with van der Waals surface area (Å²) in [4.78, 5) is 26.9. The van der Waals surface area contributed by atoms with Crippen LogP contribution in [0.3, 0.4) is 0 Å². The number of hydrogen-bond acceptors (Lipinski definition) is 4. The SMILES string of the molecule is CCCCCCCC(=O)NC(CCCCNC)C(=O)N(C)CCCCCN. The largest absolute Gasteiger partial charge is 0.344 e. The molecule has 0 spiro atoms. The molecule has 1 unspecified atom stereocenters. The molecule has 4 N–H and O–H groups in total. The Labute approximate surface area is 167 Å². The summed E-state index contributed by atoms with van der Waals surface area (Å²) < 4.78 is 0. The number of likely N-dealkylation sites (N-methyl/N-ethyl adjacent to an activating group) is 1. The standard InChI is InChI=1S/C21H44N4O2/c1-4-5-6-7-9-15-20(26)24-19(14-10-12-17-23-2)21(27)25(3)18-13-8-11-16-22/h19,23H,4-18,22H2,1-3H3,(H,24,26). The second-order valence-corrected chi connectivity index (χ2v) is 7.49. The third kappa shape index (κ3) is 14.6. The molecule has 0 aromatic carbocycles. The number of rotatable bonds is 18. The van der Waals surface area contributed by atoms with Gasteiger partial charge in [0.2, 0.25) is 11.8 Å². The van der Waals surface area contributed by atoms with Gasteiger partial charge in [0.15, 0.2) is 0 Å². The van der Waals surface area contributed by atoms with Crippen LogP contribution in [-0.4, -0.2) is 56.5 Å². The fraction of sp³-hybridized carbons (Fsp3) is 0.905. The van der Waals surface area contributed by atoms with Crippen LogP contribution in [0.4, 0.5) is 0 Å². The van der Waals surface area contributed by atoms with Crippen molar-refractivity contribution in [2.45, 2.75) is 90.0 Å². The van der Waals surface area contributed by atoms with Gasteiger partial charge < -0.3 is 21.3 Å². The number of unbranched alkanes of at least 4 members (excludes halogenated alkanes) is 7. The third-order valence-corrected chi connectivity index (χ3v) is 4.88. The van der Waals surface area contributed by atoms with Gasteiger partial charge in [-0.2, -0.15) is 0 Å². The lowest BCUT2D eigenvalue weighted by atomic mass is 10.1. The summed E-state index contributed by atoms with van der Waals surface area (Å²) in [5.74, 6) is 0.0431. The first-order valence-corrected chi connectivity index (χ1v) is 11.0. The molecule has 0 saturated heterocycles. The average Bonchev–Trinajstić information content (AvgIpc) is 2.66. The van der Waals surface area contributed by atoms with Crippen LogP contribution in [0.2, 0.25) is 0 Å². The molecule has 0 bridgehead atoms. The Kier molecular flexibility index (Phi) is 17.5. The van der Waals surface area contributed by atoms with Gasteiger partial charge in [-0.1, -0.05) is 39.0 Å². The summed E-state index contributed by atoms with van der Waals surface area (Å²) >= 11 is 0. The van der Waals surface area contributed by atoms with Crippen LogP contribution in [-0.2, 0) is 9.59 Å². The van der Waals surface area contributed by atoms with Gasteiger partial charge in [0.1, 0.15) is 6.04 Å². The summed E-state index contributed by atoms with van der Waals surface area (Å²) in [5, 5.41) is 6.12. The molecule has 0 aromatic rings. The van der Waals surface area contributed by atoms with Crippen molar-refractivity contribution in [2.24, 2.45) is 5.73 Å². The van der Waals surface area contributed by atoms with E-state index in [2.05, 4.69) is 17.6 Å². The van der Waals surface area contributed by atoms with Crippen molar-refractivity contribution in [1.82, 2.24) is 15.5 Å². The minimum atomic E-state index is -0.399. The molecule has 2 amide bonds. The van der Waals surface area contributed by atoms with Gasteiger partial charge in [-0.15, -0.1) is 0 Å². The maximum atomic E-state index is 12.8. The van der Waals surface area contributed by atoms with Crippen LogP contribution in [0.5, 0.6) is 0 Å². The van der Waals surface area contributed by atoms with Crippen LogP contribution in [0.25, 0.3) is 0 Å². The minimum absolute atomic E-state index is 0.00926. The van der Waals surface area contributed by atoms with E-state index < -0.39 is 6.04 Å². The van der Waals surface area contributed by atoms with Crippen LogP contribution in [0.1, 0.15) is 84.0 Å². The smallest absolute Gasteiger partial charge is 0.244 e. The molecule has 0 aliphatic carbocycles. The molecule has 0 aromatic heterocycles. The van der Waals surface area contributed by atoms with E-state index in [0.29, 0.717) is 19.4 Å². The molecular weight excluding hydrogens is 340 g/mol. The fourth-order valence-corrected chi connectivity index (χ4v) is 3.11. The van der Waals surface area contributed by atoms with Gasteiger partial charge >= 0.3 is 0 Å². The predicted octanol–water partition coefficient (Wildman–Crippen LogP) is 2.81. The minimum Gasteiger partial charge on any atom is -0.344 e. The van der Waals surface area contributed by atoms with Gasteiger partial charge in [0.05, 0.1) is 0 Å². The zero-order valence-corrected chi connectivity index (χ0v) is 18.0. The first-order chi connectivity index (χ1) is 13.1. The van der Waals surface area contributed by atoms with E-state index in [-0.39, 0.29) is 11.8 Å². The maximum Gasteiger partial charge on any atom is 0.244 e. The topological polar surface area (TPSA) is 87.5 Å². The van der Waals surface area contributed by atoms with E-state index in [1.54, 1.807) is 4.90 Å². The lowest BCUT2D eigenvalue weighted by molar-refractivity contribution is -0.135. The van der Waals surface area contributed by atoms with Crippen LogP contribution >= 0.6 is 0 Å². The molecule has 1 atom stereocenters. The Morgan fingerprint density at radius 3 is 2.33 bits per heavy atom. The van der Waals surface area contributed by atoms with Crippen LogP contribution < -0.4 is 16.4 Å². The number of carbonyl (C=O) groups excluding carboxylic acids is 2. The van der Waals surface area contributed by atoms with Crippen molar-refractivity contribution in [1.29, 1.82) is 0 Å². The van der Waals surface area contributed by atoms with E-state index in [9.17, 15) is 9.59 Å². The van der Waals surface area contributed by atoms with Gasteiger partial charge in [0, 0.05) is 20.0 Å². The molecule has 160 valence electrons. The van der Waals surface area contributed by atoms with E-state index in [4.69, 9.17) is 5.73 Å². The summed E-state index contributed by atoms with van der Waals surface area (Å²) in [6.07, 6.45) is 11.7. The first-order valence-electron chi connectivity index (χ1n) is 11.0. The molecule has 6 heteroatoms. The molecule has 6 nitrogen and oxygen atoms in total. The Morgan fingerprint density at radius 1 is 0.963 bits per heavy atom. The predicted molar refractivity (Wildman–Crippen MR) is 114 cm³/mol. The van der Waals surface area contributed by atoms with Crippen molar-refractivity contribution in [3.8, 4) is 0 Å². The summed E-state index contributed by atoms with van der Waals surface area (Å²) in [5.41, 5.74) is 5.52. The molecule has 0 fully saturated rings. The normalized spacial score (nSPS) is 12.0. The molecule has 0 aliphatic rings. The van der Waals surface area contributed by atoms with Gasteiger partial charge in [-0.05, 0) is 58.7 Å². The van der Waals surface area contributed by atoms with Gasteiger partial charge in [-0.3, -0.25) is 9.59 Å². The molecule has 0 radical (unpaired) electrons. The van der Waals surface area contributed by atoms with Crippen molar-refractivity contribution in [2.75, 3.05) is 33.7 Å². The highest BCUT2D eigenvalue weighted by Crippen LogP contribution is 2.08. The van der Waals surface area contributed by atoms with Crippen LogP contribution in [0, 0.1) is 0 Å². The second-order valence-electron chi connectivity index (χ2n) is 7.49. The van der Waals surface area contributed by atoms with Crippen molar-refractivity contribution < 1.29 is 9.59 Å². The zero-order chi connectivity index (χ0) is 20.3. The average molecular weight is 385 g/mol. The van der Waals surface area contributed by atoms with Gasteiger partial charge in [0.25, 0.3) is 0 Å². The molecule has 0 rings (SSSR count). The number of hydrogen-bond donors (Lipinski definition) is 3. The Bertz CT molecular complexity index is 377. The second kappa shape index (κ2) is 18.2. The quantitative estimate of drug-likeness (QED) is 0.317. The van der Waals surface area contributed by atoms with Crippen molar-refractivity contribution >= 4 is 11.8 Å². The highest BCUT2D eigenvalue weighted by Gasteiger charge is 2.23. The highest BCUT2D eigenvalue weighted by atomic mass is 16.2. The number of nitrogens with one attached hydrogen (secondary N) is 2. The molecule has 0 aliphatic heterocycles. The lowest BCUT2D eigenvalue weighted by Gasteiger charge is -2.25. The Morgan fingerprint density at radius 2 is 1.67 bits per heavy atom. The van der Waals surface area contributed by atoms with E-state index in [1.807, 2.05) is 14.1 Å².